The van der Waals surface area contributed by atoms with Crippen LogP contribution in [0.15, 0.2) is 24.3 Å². The largest absolute Gasteiger partial charge is 0.342 e. The van der Waals surface area contributed by atoms with Crippen LogP contribution in [-0.4, -0.2) is 36.5 Å². The fourth-order valence-corrected chi connectivity index (χ4v) is 3.35. The number of carbonyl (C=O) groups excluding carboxylic acids is 1. The van der Waals surface area contributed by atoms with Crippen molar-refractivity contribution in [3.05, 3.63) is 34.9 Å². The summed E-state index contributed by atoms with van der Waals surface area (Å²) in [6.07, 6.45) is 1.88. The number of hydrogen-bond donors (Lipinski definition) is 1. The third-order valence-corrected chi connectivity index (χ3v) is 5.30. The summed E-state index contributed by atoms with van der Waals surface area (Å²) < 4.78 is 0. The van der Waals surface area contributed by atoms with E-state index in [2.05, 4.69) is 38.2 Å². The number of nitrogens with one attached hydrogen (secondary N) is 1. The molecule has 0 saturated carbocycles. The van der Waals surface area contributed by atoms with E-state index in [4.69, 9.17) is 11.6 Å². The smallest absolute Gasteiger partial charge is 0.225 e. The normalized spacial score (nSPS) is 23.5. The molecule has 5 heteroatoms. The van der Waals surface area contributed by atoms with E-state index < -0.39 is 0 Å². The third kappa shape index (κ3) is 5.10. The monoisotopic (exact) mass is 358 g/mol. The summed E-state index contributed by atoms with van der Waals surface area (Å²) in [6, 6.07) is 8.52. The van der Waals surface area contributed by atoms with E-state index >= 15 is 0 Å². The first kappa shape index (κ1) is 20.3. The lowest BCUT2D eigenvalue weighted by molar-refractivity contribution is -0.137. The lowest BCUT2D eigenvalue weighted by Crippen LogP contribution is -2.46. The van der Waals surface area contributed by atoms with E-state index in [-0.39, 0.29) is 36.2 Å². The number of benzene rings is 1. The second-order valence-electron chi connectivity index (χ2n) is 6.61. The molecule has 1 heterocycles. The Morgan fingerprint density at radius 1 is 1.30 bits per heavy atom. The van der Waals surface area contributed by atoms with Gasteiger partial charge in [0.1, 0.15) is 0 Å². The van der Waals surface area contributed by atoms with Gasteiger partial charge in [-0.15, -0.1) is 12.4 Å². The van der Waals surface area contributed by atoms with Crippen LogP contribution in [0.5, 0.6) is 0 Å². The van der Waals surface area contributed by atoms with E-state index in [1.165, 1.54) is 5.56 Å². The second kappa shape index (κ2) is 8.91. The summed E-state index contributed by atoms with van der Waals surface area (Å²) in [5.74, 6) is 0.716. The lowest BCUT2D eigenvalue weighted by Gasteiger charge is -2.35. The van der Waals surface area contributed by atoms with Gasteiger partial charge in [-0.05, 0) is 50.9 Å². The number of piperidine rings is 1. The van der Waals surface area contributed by atoms with E-state index in [0.29, 0.717) is 6.04 Å². The summed E-state index contributed by atoms with van der Waals surface area (Å²) in [6.45, 7) is 7.39. The highest BCUT2D eigenvalue weighted by molar-refractivity contribution is 6.30. The molecule has 0 spiro atoms. The number of halogens is 2. The number of likely N-dealkylation sites (N-methyl/N-ethyl adjacent to an activating group) is 1. The zero-order valence-electron chi connectivity index (χ0n) is 14.4. The quantitative estimate of drug-likeness (QED) is 0.878. The van der Waals surface area contributed by atoms with E-state index in [0.717, 1.165) is 24.4 Å². The SMILES string of the molecule is CC(c1ccc(Cl)cc1)C(C)N(C)C(=O)[C@H]1CCN[C@@H](C)C1.Cl. The predicted octanol–water partition coefficient (Wildman–Crippen LogP) is 4.10. The van der Waals surface area contributed by atoms with Gasteiger partial charge in [0, 0.05) is 36.0 Å². The molecule has 4 atom stereocenters. The summed E-state index contributed by atoms with van der Waals surface area (Å²) in [5, 5.41) is 4.15. The molecule has 130 valence electrons. The topological polar surface area (TPSA) is 32.3 Å². The van der Waals surface area contributed by atoms with Crippen molar-refractivity contribution in [2.75, 3.05) is 13.6 Å². The summed E-state index contributed by atoms with van der Waals surface area (Å²) >= 11 is 5.95. The van der Waals surface area contributed by atoms with Gasteiger partial charge in [-0.25, -0.2) is 0 Å². The van der Waals surface area contributed by atoms with Gasteiger partial charge in [0.05, 0.1) is 0 Å². The summed E-state index contributed by atoms with van der Waals surface area (Å²) in [7, 11) is 1.94. The van der Waals surface area contributed by atoms with E-state index in [9.17, 15) is 4.79 Å². The minimum atomic E-state index is 0. The Morgan fingerprint density at radius 2 is 1.91 bits per heavy atom. The summed E-state index contributed by atoms with van der Waals surface area (Å²) in [5.41, 5.74) is 1.22. The molecule has 1 aliphatic heterocycles. The summed E-state index contributed by atoms with van der Waals surface area (Å²) in [4.78, 5) is 14.7. The number of rotatable bonds is 4. The highest BCUT2D eigenvalue weighted by Crippen LogP contribution is 2.26. The van der Waals surface area contributed by atoms with Crippen molar-refractivity contribution in [2.45, 2.75) is 51.6 Å². The molecular weight excluding hydrogens is 331 g/mol. The van der Waals surface area contributed by atoms with Gasteiger partial charge < -0.3 is 10.2 Å². The van der Waals surface area contributed by atoms with Crippen molar-refractivity contribution in [1.82, 2.24) is 10.2 Å². The molecule has 1 aliphatic rings. The van der Waals surface area contributed by atoms with Crippen molar-refractivity contribution >= 4 is 29.9 Å². The molecule has 2 unspecified atom stereocenters. The number of hydrogen-bond acceptors (Lipinski definition) is 2. The maximum absolute atomic E-state index is 12.8. The zero-order valence-corrected chi connectivity index (χ0v) is 16.0. The van der Waals surface area contributed by atoms with Crippen molar-refractivity contribution < 1.29 is 4.79 Å². The molecule has 0 aromatic heterocycles. The maximum Gasteiger partial charge on any atom is 0.225 e. The van der Waals surface area contributed by atoms with Crippen LogP contribution in [0.1, 0.15) is 45.1 Å². The van der Waals surface area contributed by atoms with Gasteiger partial charge in [0.25, 0.3) is 0 Å². The van der Waals surface area contributed by atoms with Gasteiger partial charge >= 0.3 is 0 Å². The lowest BCUT2D eigenvalue weighted by atomic mass is 9.89. The van der Waals surface area contributed by atoms with Crippen LogP contribution in [0.3, 0.4) is 0 Å². The Kier molecular flexibility index (Phi) is 7.85. The van der Waals surface area contributed by atoms with Gasteiger partial charge in [-0.2, -0.15) is 0 Å². The van der Waals surface area contributed by atoms with Crippen molar-refractivity contribution in [3.63, 3.8) is 0 Å². The number of carbonyl (C=O) groups is 1. The minimum Gasteiger partial charge on any atom is -0.342 e. The molecule has 1 amide bonds. The molecule has 1 fully saturated rings. The second-order valence-corrected chi connectivity index (χ2v) is 7.04. The van der Waals surface area contributed by atoms with Crippen molar-refractivity contribution in [2.24, 2.45) is 5.92 Å². The molecule has 0 aliphatic carbocycles. The Bertz CT molecular complexity index is 506. The van der Waals surface area contributed by atoms with Crippen LogP contribution in [0.2, 0.25) is 5.02 Å². The van der Waals surface area contributed by atoms with Gasteiger partial charge in [0.15, 0.2) is 0 Å². The van der Waals surface area contributed by atoms with Crippen molar-refractivity contribution in [3.8, 4) is 0 Å². The molecule has 23 heavy (non-hydrogen) atoms. The zero-order chi connectivity index (χ0) is 16.3. The Morgan fingerprint density at radius 3 is 2.48 bits per heavy atom. The van der Waals surface area contributed by atoms with Crippen LogP contribution in [0.25, 0.3) is 0 Å². The van der Waals surface area contributed by atoms with E-state index in [1.807, 2.05) is 24.1 Å². The highest BCUT2D eigenvalue weighted by atomic mass is 35.5. The Hall–Kier alpha value is -0.770. The molecule has 0 radical (unpaired) electrons. The minimum absolute atomic E-state index is 0. The van der Waals surface area contributed by atoms with Crippen LogP contribution in [-0.2, 0) is 4.79 Å². The average molecular weight is 359 g/mol. The first-order valence-corrected chi connectivity index (χ1v) is 8.53. The van der Waals surface area contributed by atoms with E-state index in [1.54, 1.807) is 0 Å². The van der Waals surface area contributed by atoms with Crippen LogP contribution in [0, 0.1) is 5.92 Å². The van der Waals surface area contributed by atoms with Crippen LogP contribution < -0.4 is 5.32 Å². The molecule has 1 saturated heterocycles. The predicted molar refractivity (Wildman–Crippen MR) is 99.5 cm³/mol. The highest BCUT2D eigenvalue weighted by Gasteiger charge is 2.30. The fourth-order valence-electron chi connectivity index (χ4n) is 3.23. The van der Waals surface area contributed by atoms with Gasteiger partial charge in [-0.3, -0.25) is 4.79 Å². The molecule has 1 aromatic rings. The molecule has 3 nitrogen and oxygen atoms in total. The maximum atomic E-state index is 12.8. The number of nitrogens with zero attached hydrogens (tertiary/aromatic N) is 1. The third-order valence-electron chi connectivity index (χ3n) is 5.05. The average Bonchev–Trinajstić information content (AvgIpc) is 2.52. The molecular formula is C18H28Cl2N2O. The Balaban J connectivity index is 0.00000264. The molecule has 2 rings (SSSR count). The van der Waals surface area contributed by atoms with Crippen molar-refractivity contribution in [1.29, 1.82) is 0 Å². The number of amides is 1. The van der Waals surface area contributed by atoms with Crippen LogP contribution in [0.4, 0.5) is 0 Å². The Labute approximate surface area is 151 Å². The first-order valence-electron chi connectivity index (χ1n) is 8.15. The standard InChI is InChI=1S/C18H27ClN2O.ClH/c1-12-11-16(9-10-20-12)18(22)21(4)14(3)13(2)15-5-7-17(19)8-6-15;/h5-8,12-14,16,20H,9-11H2,1-4H3;1H/t12-,13?,14?,16-;/m0./s1. The van der Waals surface area contributed by atoms with Gasteiger partial charge in [0.2, 0.25) is 5.91 Å². The van der Waals surface area contributed by atoms with Crippen LogP contribution >= 0.6 is 24.0 Å². The molecule has 0 bridgehead atoms. The first-order chi connectivity index (χ1) is 10.4. The molecule has 1 aromatic carbocycles. The van der Waals surface area contributed by atoms with Gasteiger partial charge in [-0.1, -0.05) is 30.7 Å². The molecule has 1 N–H and O–H groups in total. The fraction of sp³-hybridized carbons (Fsp3) is 0.611.